The lowest BCUT2D eigenvalue weighted by Gasteiger charge is -2.45. The molecule has 1 N–H and O–H groups in total. The Hall–Kier alpha value is -0.710. The molecule has 1 aliphatic rings. The van der Waals surface area contributed by atoms with Gasteiger partial charge >= 0.3 is 0 Å². The molecule has 0 aromatic heterocycles. The lowest BCUT2D eigenvalue weighted by molar-refractivity contribution is 0.0705. The van der Waals surface area contributed by atoms with Crippen LogP contribution in [0, 0.1) is 5.92 Å². The Morgan fingerprint density at radius 3 is 2.52 bits per heavy atom. The van der Waals surface area contributed by atoms with E-state index >= 15 is 0 Å². The summed E-state index contributed by atoms with van der Waals surface area (Å²) in [5, 5.41) is 3.69. The minimum atomic E-state index is -0.743. The lowest BCUT2D eigenvalue weighted by atomic mass is 9.94. The van der Waals surface area contributed by atoms with Gasteiger partial charge in [0.15, 0.2) is 0 Å². The fourth-order valence-electron chi connectivity index (χ4n) is 3.26. The molecule has 1 aromatic rings. The van der Waals surface area contributed by atoms with Crippen LogP contribution in [0.5, 0.6) is 0 Å². The third-order valence-corrected chi connectivity index (χ3v) is 5.36. The Balaban J connectivity index is 2.13. The highest BCUT2D eigenvalue weighted by Gasteiger charge is 2.33. The van der Waals surface area contributed by atoms with Crippen molar-refractivity contribution in [2.75, 3.05) is 25.1 Å². The third-order valence-electron chi connectivity index (χ3n) is 4.41. The van der Waals surface area contributed by atoms with Gasteiger partial charge in [0.05, 0.1) is 0 Å². The van der Waals surface area contributed by atoms with Crippen LogP contribution in [0.3, 0.4) is 0 Å². The predicted molar refractivity (Wildman–Crippen MR) is 90.9 cm³/mol. The zero-order valence-electron chi connectivity index (χ0n) is 13.6. The van der Waals surface area contributed by atoms with Crippen molar-refractivity contribution >= 4 is 10.8 Å². The summed E-state index contributed by atoms with van der Waals surface area (Å²) in [5.74, 6) is 1.35. The van der Waals surface area contributed by atoms with Crippen molar-refractivity contribution in [2.24, 2.45) is 5.92 Å². The van der Waals surface area contributed by atoms with Gasteiger partial charge in [-0.25, -0.2) is 0 Å². The highest BCUT2D eigenvalue weighted by molar-refractivity contribution is 7.84. The Labute approximate surface area is 131 Å². The summed E-state index contributed by atoms with van der Waals surface area (Å²) in [6.07, 6.45) is 1.80. The van der Waals surface area contributed by atoms with Gasteiger partial charge < -0.3 is 5.32 Å². The van der Waals surface area contributed by atoms with Crippen molar-refractivity contribution < 1.29 is 4.21 Å². The summed E-state index contributed by atoms with van der Waals surface area (Å²) in [5.41, 5.74) is 1.34. The van der Waals surface area contributed by atoms with E-state index in [0.29, 0.717) is 24.0 Å². The fourth-order valence-corrected chi connectivity index (χ4v) is 4.13. The number of hydrogen-bond donors (Lipinski definition) is 1. The molecule has 4 atom stereocenters. The second-order valence-corrected chi connectivity index (χ2v) is 7.95. The number of rotatable bonds is 5. The van der Waals surface area contributed by atoms with Crippen molar-refractivity contribution in [2.45, 2.75) is 38.9 Å². The predicted octanol–water partition coefficient (Wildman–Crippen LogP) is 2.42. The summed E-state index contributed by atoms with van der Waals surface area (Å²) in [6, 6.07) is 11.9. The van der Waals surface area contributed by atoms with Crippen LogP contribution in [0.2, 0.25) is 0 Å². The molecule has 1 aliphatic heterocycles. The Morgan fingerprint density at radius 1 is 1.29 bits per heavy atom. The maximum Gasteiger partial charge on any atom is 0.0450 e. The molecule has 4 unspecified atom stereocenters. The average molecular weight is 308 g/mol. The van der Waals surface area contributed by atoms with Crippen LogP contribution in [-0.4, -0.2) is 46.3 Å². The number of nitrogens with one attached hydrogen (secondary N) is 1. The van der Waals surface area contributed by atoms with Crippen molar-refractivity contribution in [3.05, 3.63) is 35.9 Å². The Bertz CT molecular complexity index is 463. The number of piperazine rings is 1. The maximum atomic E-state index is 11.6. The molecule has 1 heterocycles. The number of benzene rings is 1. The third kappa shape index (κ3) is 4.38. The van der Waals surface area contributed by atoms with Crippen molar-refractivity contribution in [1.29, 1.82) is 0 Å². The van der Waals surface area contributed by atoms with Crippen LogP contribution in [0.1, 0.15) is 32.4 Å². The topological polar surface area (TPSA) is 32.3 Å². The summed E-state index contributed by atoms with van der Waals surface area (Å²) >= 11 is 0. The molecule has 0 spiro atoms. The second kappa shape index (κ2) is 7.52. The van der Waals surface area contributed by atoms with Gasteiger partial charge in [0.25, 0.3) is 0 Å². The fraction of sp³-hybridized carbons (Fsp3) is 0.647. The summed E-state index contributed by atoms with van der Waals surface area (Å²) in [6.45, 7) is 8.75. The standard InChI is InChI=1S/C17H28N2OS/c1-13(2)17-10-18-16(15-8-6-5-7-9-15)11-19(17)14(3)12-21(4)20/h5-9,13-14,16-18H,10-12H2,1-4H3. The zero-order valence-corrected chi connectivity index (χ0v) is 14.4. The molecule has 0 aliphatic carbocycles. The smallest absolute Gasteiger partial charge is 0.0450 e. The van der Waals surface area contributed by atoms with Crippen LogP contribution < -0.4 is 5.32 Å². The van der Waals surface area contributed by atoms with Gasteiger partial charge in [0.2, 0.25) is 0 Å². The van der Waals surface area contributed by atoms with Gasteiger partial charge in [-0.2, -0.15) is 0 Å². The molecule has 21 heavy (non-hydrogen) atoms. The van der Waals surface area contributed by atoms with Crippen LogP contribution in [-0.2, 0) is 10.8 Å². The number of hydrogen-bond acceptors (Lipinski definition) is 3. The first-order chi connectivity index (χ1) is 9.99. The van der Waals surface area contributed by atoms with Gasteiger partial charge in [-0.3, -0.25) is 9.11 Å². The van der Waals surface area contributed by atoms with Crippen LogP contribution in [0.15, 0.2) is 30.3 Å². The van der Waals surface area contributed by atoms with E-state index in [1.165, 1.54) is 5.56 Å². The average Bonchev–Trinajstić information content (AvgIpc) is 2.46. The molecule has 2 rings (SSSR count). The summed E-state index contributed by atoms with van der Waals surface area (Å²) in [4.78, 5) is 2.56. The number of nitrogens with zero attached hydrogens (tertiary/aromatic N) is 1. The van der Waals surface area contributed by atoms with Crippen molar-refractivity contribution in [3.63, 3.8) is 0 Å². The van der Waals surface area contributed by atoms with Gasteiger partial charge in [-0.05, 0) is 18.4 Å². The van der Waals surface area contributed by atoms with Crippen LogP contribution >= 0.6 is 0 Å². The first-order valence-electron chi connectivity index (χ1n) is 7.83. The first kappa shape index (κ1) is 16.7. The Kier molecular flexibility index (Phi) is 5.97. The highest BCUT2D eigenvalue weighted by Crippen LogP contribution is 2.25. The van der Waals surface area contributed by atoms with Crippen LogP contribution in [0.4, 0.5) is 0 Å². The minimum absolute atomic E-state index is 0.358. The molecule has 1 fully saturated rings. The molecule has 4 heteroatoms. The van der Waals surface area contributed by atoms with Crippen molar-refractivity contribution in [1.82, 2.24) is 10.2 Å². The SMILES string of the molecule is CC(C)C1CNC(c2ccccc2)CN1C(C)CS(C)=O. The molecule has 0 amide bonds. The largest absolute Gasteiger partial charge is 0.307 e. The molecule has 1 aromatic carbocycles. The van der Waals surface area contributed by atoms with Crippen LogP contribution in [0.25, 0.3) is 0 Å². The van der Waals surface area contributed by atoms with E-state index in [9.17, 15) is 4.21 Å². The van der Waals surface area contributed by atoms with E-state index in [4.69, 9.17) is 0 Å². The monoisotopic (exact) mass is 308 g/mol. The zero-order chi connectivity index (χ0) is 15.4. The van der Waals surface area contributed by atoms with E-state index in [1.54, 1.807) is 6.26 Å². The molecular formula is C17H28N2OS. The molecular weight excluding hydrogens is 280 g/mol. The van der Waals surface area contributed by atoms with Gasteiger partial charge in [-0.15, -0.1) is 0 Å². The van der Waals surface area contributed by atoms with E-state index in [-0.39, 0.29) is 0 Å². The summed E-state index contributed by atoms with van der Waals surface area (Å²) < 4.78 is 11.6. The van der Waals surface area contributed by atoms with Gasteiger partial charge in [0.1, 0.15) is 0 Å². The molecule has 118 valence electrons. The Morgan fingerprint density at radius 2 is 1.95 bits per heavy atom. The quantitative estimate of drug-likeness (QED) is 0.907. The normalized spacial score (nSPS) is 26.7. The lowest BCUT2D eigenvalue weighted by Crippen LogP contribution is -2.58. The van der Waals surface area contributed by atoms with Gasteiger partial charge in [-0.1, -0.05) is 44.2 Å². The maximum absolute atomic E-state index is 11.6. The second-order valence-electron chi connectivity index (χ2n) is 6.47. The molecule has 0 radical (unpaired) electrons. The molecule has 3 nitrogen and oxygen atoms in total. The van der Waals surface area contributed by atoms with Crippen molar-refractivity contribution in [3.8, 4) is 0 Å². The minimum Gasteiger partial charge on any atom is -0.307 e. The van der Waals surface area contributed by atoms with E-state index < -0.39 is 10.8 Å². The highest BCUT2D eigenvalue weighted by atomic mass is 32.2. The van der Waals surface area contributed by atoms with Gasteiger partial charge in [0, 0.05) is 54.0 Å². The van der Waals surface area contributed by atoms with E-state index in [1.807, 2.05) is 0 Å². The first-order valence-corrected chi connectivity index (χ1v) is 9.56. The molecule has 0 bridgehead atoms. The molecule has 1 saturated heterocycles. The summed E-state index contributed by atoms with van der Waals surface area (Å²) in [7, 11) is -0.743. The van der Waals surface area contributed by atoms with E-state index in [0.717, 1.165) is 18.8 Å². The van der Waals surface area contributed by atoms with E-state index in [2.05, 4.69) is 61.3 Å². The molecule has 0 saturated carbocycles.